The number of rotatable bonds is 3. The molecule has 1 aliphatic heterocycles. The van der Waals surface area contributed by atoms with E-state index in [2.05, 4.69) is 59.2 Å². The van der Waals surface area contributed by atoms with E-state index in [1.54, 1.807) is 0 Å². The van der Waals surface area contributed by atoms with Gasteiger partial charge in [-0.2, -0.15) is 0 Å². The number of nitrogens with one attached hydrogen (secondary N) is 2. The standard InChI is InChI=1S/C23H24N2O2/c26-21-11-5-10-20(25-21)23(27)24-13-14-12-19-15-6-1-3-8-17(15)22(14)18-9-4-2-7-16(18)19/h1-4,6-9,14,19-20,22H,5,10-13H2,(H,24,27)(H,25,26)/t14-,19?,20-,22?/m1/s1. The topological polar surface area (TPSA) is 58.2 Å². The highest BCUT2D eigenvalue weighted by atomic mass is 16.2. The fourth-order valence-corrected chi connectivity index (χ4v) is 5.32. The molecule has 2 amide bonds. The van der Waals surface area contributed by atoms with Crippen LogP contribution >= 0.6 is 0 Å². The first-order valence-electron chi connectivity index (χ1n) is 9.97. The molecule has 0 aromatic heterocycles. The predicted octanol–water partition coefficient (Wildman–Crippen LogP) is 3.07. The summed E-state index contributed by atoms with van der Waals surface area (Å²) in [5.74, 6) is 1.09. The van der Waals surface area contributed by atoms with Gasteiger partial charge in [0.1, 0.15) is 6.04 Å². The molecule has 1 saturated heterocycles. The molecule has 2 aromatic carbocycles. The minimum Gasteiger partial charge on any atom is -0.354 e. The number of carbonyl (C=O) groups excluding carboxylic acids is 2. The number of piperidine rings is 1. The first-order chi connectivity index (χ1) is 13.2. The van der Waals surface area contributed by atoms with E-state index in [-0.39, 0.29) is 17.9 Å². The van der Waals surface area contributed by atoms with E-state index < -0.39 is 0 Å². The van der Waals surface area contributed by atoms with Gasteiger partial charge in [-0.1, -0.05) is 48.5 Å². The number of carbonyl (C=O) groups is 2. The fourth-order valence-electron chi connectivity index (χ4n) is 5.32. The van der Waals surface area contributed by atoms with Gasteiger partial charge in [-0.15, -0.1) is 0 Å². The molecule has 2 atom stereocenters. The average molecular weight is 360 g/mol. The Labute approximate surface area is 159 Å². The van der Waals surface area contributed by atoms with Crippen molar-refractivity contribution < 1.29 is 9.59 Å². The van der Waals surface area contributed by atoms with Gasteiger partial charge in [-0.3, -0.25) is 9.59 Å². The van der Waals surface area contributed by atoms with E-state index in [1.165, 1.54) is 22.3 Å². The molecule has 0 unspecified atom stereocenters. The first-order valence-corrected chi connectivity index (χ1v) is 9.97. The van der Waals surface area contributed by atoms with Gasteiger partial charge < -0.3 is 10.6 Å². The second-order valence-corrected chi connectivity index (χ2v) is 8.04. The Morgan fingerprint density at radius 2 is 1.63 bits per heavy atom. The Bertz CT molecular complexity index is 859. The molecule has 3 aliphatic carbocycles. The molecule has 0 spiro atoms. The third-order valence-corrected chi connectivity index (χ3v) is 6.51. The molecule has 0 radical (unpaired) electrons. The lowest BCUT2D eigenvalue weighted by atomic mass is 9.59. The van der Waals surface area contributed by atoms with Crippen LogP contribution in [-0.4, -0.2) is 24.4 Å². The number of benzene rings is 2. The molecule has 2 aromatic rings. The van der Waals surface area contributed by atoms with Gasteiger partial charge in [0.25, 0.3) is 0 Å². The van der Waals surface area contributed by atoms with Crippen molar-refractivity contribution in [1.29, 1.82) is 0 Å². The zero-order valence-electron chi connectivity index (χ0n) is 15.3. The van der Waals surface area contributed by atoms with Gasteiger partial charge in [0.2, 0.25) is 11.8 Å². The largest absolute Gasteiger partial charge is 0.354 e. The Morgan fingerprint density at radius 1 is 1.00 bits per heavy atom. The summed E-state index contributed by atoms with van der Waals surface area (Å²) >= 11 is 0. The Hall–Kier alpha value is -2.62. The fraction of sp³-hybridized carbons (Fsp3) is 0.391. The lowest BCUT2D eigenvalue weighted by molar-refractivity contribution is -0.131. The molecule has 2 bridgehead atoms. The molecule has 2 N–H and O–H groups in total. The van der Waals surface area contributed by atoms with Gasteiger partial charge in [0, 0.05) is 24.8 Å². The molecule has 4 heteroatoms. The van der Waals surface area contributed by atoms with Crippen molar-refractivity contribution in [3.8, 4) is 0 Å². The molecule has 1 fully saturated rings. The molecule has 138 valence electrons. The Morgan fingerprint density at radius 3 is 2.26 bits per heavy atom. The van der Waals surface area contributed by atoms with Crippen molar-refractivity contribution in [3.05, 3.63) is 70.8 Å². The zero-order chi connectivity index (χ0) is 18.4. The van der Waals surface area contributed by atoms with Crippen LogP contribution in [0.2, 0.25) is 0 Å². The number of fused-ring (bicyclic) bond motifs is 1. The summed E-state index contributed by atoms with van der Waals surface area (Å²) < 4.78 is 0. The normalized spacial score (nSPS) is 28.1. The van der Waals surface area contributed by atoms with Crippen LogP contribution in [0.4, 0.5) is 0 Å². The highest BCUT2D eigenvalue weighted by molar-refractivity contribution is 5.88. The molecular formula is C23H24N2O2. The van der Waals surface area contributed by atoms with Crippen LogP contribution in [0.1, 0.15) is 59.8 Å². The lowest BCUT2D eigenvalue weighted by Crippen LogP contribution is -2.50. The minimum absolute atomic E-state index is 0.0130. The second-order valence-electron chi connectivity index (χ2n) is 8.04. The predicted molar refractivity (Wildman–Crippen MR) is 103 cm³/mol. The number of amides is 2. The summed E-state index contributed by atoms with van der Waals surface area (Å²) in [6.07, 6.45) is 3.12. The van der Waals surface area contributed by atoms with Crippen molar-refractivity contribution in [1.82, 2.24) is 10.6 Å². The SMILES string of the molecule is O=C1CCC[C@H](C(=O)NC[C@H]2CC3c4ccccc4C2c2ccccc23)N1. The molecule has 4 aliphatic rings. The maximum Gasteiger partial charge on any atom is 0.242 e. The number of hydrogen-bond acceptors (Lipinski definition) is 2. The van der Waals surface area contributed by atoms with Gasteiger partial charge in [0.05, 0.1) is 0 Å². The van der Waals surface area contributed by atoms with Crippen LogP contribution in [0.3, 0.4) is 0 Å². The van der Waals surface area contributed by atoms with Crippen molar-refractivity contribution in [3.63, 3.8) is 0 Å². The van der Waals surface area contributed by atoms with Gasteiger partial charge in [-0.05, 0) is 47.4 Å². The van der Waals surface area contributed by atoms with Crippen LogP contribution < -0.4 is 10.6 Å². The number of hydrogen-bond donors (Lipinski definition) is 2. The summed E-state index contributed by atoms with van der Waals surface area (Å²) in [7, 11) is 0. The molecule has 1 heterocycles. The van der Waals surface area contributed by atoms with Crippen molar-refractivity contribution in [2.24, 2.45) is 5.92 Å². The average Bonchev–Trinajstić information content (AvgIpc) is 2.72. The summed E-state index contributed by atoms with van der Waals surface area (Å²) in [5, 5.41) is 5.95. The van der Waals surface area contributed by atoms with E-state index in [0.29, 0.717) is 30.7 Å². The van der Waals surface area contributed by atoms with E-state index in [1.807, 2.05) is 0 Å². The Kier molecular flexibility index (Phi) is 4.00. The minimum atomic E-state index is -0.369. The van der Waals surface area contributed by atoms with E-state index >= 15 is 0 Å². The van der Waals surface area contributed by atoms with Crippen LogP contribution in [0, 0.1) is 5.92 Å². The van der Waals surface area contributed by atoms with Crippen molar-refractivity contribution in [2.45, 2.75) is 43.6 Å². The highest BCUT2D eigenvalue weighted by Crippen LogP contribution is 2.55. The molecule has 27 heavy (non-hydrogen) atoms. The van der Waals surface area contributed by atoms with E-state index in [0.717, 1.165) is 19.3 Å². The summed E-state index contributed by atoms with van der Waals surface area (Å²) in [6.45, 7) is 0.662. The molecule has 6 rings (SSSR count). The summed E-state index contributed by atoms with van der Waals surface area (Å²) in [5.41, 5.74) is 5.72. The first kappa shape index (κ1) is 16.5. The zero-order valence-corrected chi connectivity index (χ0v) is 15.3. The summed E-state index contributed by atoms with van der Waals surface area (Å²) in [6, 6.07) is 17.1. The maximum absolute atomic E-state index is 12.6. The van der Waals surface area contributed by atoms with Crippen LogP contribution in [0.25, 0.3) is 0 Å². The molecular weight excluding hydrogens is 336 g/mol. The van der Waals surface area contributed by atoms with Crippen molar-refractivity contribution in [2.75, 3.05) is 6.54 Å². The van der Waals surface area contributed by atoms with Gasteiger partial charge in [-0.25, -0.2) is 0 Å². The molecule has 0 saturated carbocycles. The smallest absolute Gasteiger partial charge is 0.242 e. The van der Waals surface area contributed by atoms with Gasteiger partial charge >= 0.3 is 0 Å². The molecule has 4 nitrogen and oxygen atoms in total. The van der Waals surface area contributed by atoms with E-state index in [4.69, 9.17) is 0 Å². The highest BCUT2D eigenvalue weighted by Gasteiger charge is 2.43. The van der Waals surface area contributed by atoms with Crippen molar-refractivity contribution >= 4 is 11.8 Å². The summed E-state index contributed by atoms with van der Waals surface area (Å²) in [4.78, 5) is 24.1. The van der Waals surface area contributed by atoms with Crippen LogP contribution in [0.15, 0.2) is 48.5 Å². The van der Waals surface area contributed by atoms with Gasteiger partial charge in [0.15, 0.2) is 0 Å². The van der Waals surface area contributed by atoms with Crippen LogP contribution in [-0.2, 0) is 9.59 Å². The second kappa shape index (κ2) is 6.52. The Balaban J connectivity index is 1.38. The third-order valence-electron chi connectivity index (χ3n) is 6.51. The monoisotopic (exact) mass is 360 g/mol. The maximum atomic E-state index is 12.6. The van der Waals surface area contributed by atoms with Crippen LogP contribution in [0.5, 0.6) is 0 Å². The quantitative estimate of drug-likeness (QED) is 0.884. The lowest BCUT2D eigenvalue weighted by Gasteiger charge is -2.45. The van der Waals surface area contributed by atoms with E-state index in [9.17, 15) is 9.59 Å². The third kappa shape index (κ3) is 2.75.